The topological polar surface area (TPSA) is 67.8 Å². The summed E-state index contributed by atoms with van der Waals surface area (Å²) >= 11 is 9.22. The maximum atomic E-state index is 12.6. The molecule has 0 aliphatic carbocycles. The Morgan fingerprint density at radius 3 is 2.72 bits per heavy atom. The normalized spacial score (nSPS) is 11.0. The van der Waals surface area contributed by atoms with Gasteiger partial charge in [-0.3, -0.25) is 4.79 Å². The van der Waals surface area contributed by atoms with Crippen molar-refractivity contribution in [3.63, 3.8) is 0 Å². The Bertz CT molecular complexity index is 1190. The number of rotatable bonds is 5. The first kappa shape index (κ1) is 19.8. The monoisotopic (exact) mass is 440 g/mol. The van der Waals surface area contributed by atoms with Crippen molar-refractivity contribution in [2.45, 2.75) is 19.0 Å². The van der Waals surface area contributed by atoms with E-state index in [1.54, 1.807) is 11.3 Å². The Labute approximate surface area is 181 Å². The van der Waals surface area contributed by atoms with E-state index in [1.165, 1.54) is 23.5 Å². The molecule has 4 rings (SSSR count). The molecule has 29 heavy (non-hydrogen) atoms. The van der Waals surface area contributed by atoms with Gasteiger partial charge < -0.3 is 5.32 Å². The molecule has 4 aromatic rings. The second-order valence-electron chi connectivity index (χ2n) is 6.30. The highest BCUT2D eigenvalue weighted by molar-refractivity contribution is 7.99. The lowest BCUT2D eigenvalue weighted by Crippen LogP contribution is -2.15. The number of benzene rings is 2. The van der Waals surface area contributed by atoms with Gasteiger partial charge >= 0.3 is 0 Å². The molecule has 0 aliphatic rings. The van der Waals surface area contributed by atoms with E-state index in [0.29, 0.717) is 10.8 Å². The predicted molar refractivity (Wildman–Crippen MR) is 121 cm³/mol. The molecule has 5 nitrogen and oxygen atoms in total. The molecule has 2 aromatic heterocycles. The van der Waals surface area contributed by atoms with Crippen molar-refractivity contribution in [2.24, 2.45) is 0 Å². The quantitative estimate of drug-likeness (QED) is 0.301. The van der Waals surface area contributed by atoms with E-state index in [1.807, 2.05) is 37.3 Å². The summed E-state index contributed by atoms with van der Waals surface area (Å²) in [5, 5.41) is 4.55. The van der Waals surface area contributed by atoms with E-state index in [4.69, 9.17) is 16.6 Å². The average molecular weight is 441 g/mol. The van der Waals surface area contributed by atoms with Crippen molar-refractivity contribution in [3.8, 4) is 10.6 Å². The third-order valence-corrected chi connectivity index (χ3v) is 6.23. The average Bonchev–Trinajstić information content (AvgIpc) is 3.13. The predicted octanol–water partition coefficient (Wildman–Crippen LogP) is 6.08. The molecule has 0 atom stereocenters. The lowest BCUT2D eigenvalue weighted by Gasteiger charge is -2.07. The van der Waals surface area contributed by atoms with Crippen molar-refractivity contribution >= 4 is 56.5 Å². The van der Waals surface area contributed by atoms with Gasteiger partial charge in [-0.25, -0.2) is 15.0 Å². The molecule has 146 valence electrons. The zero-order valence-corrected chi connectivity index (χ0v) is 18.2. The van der Waals surface area contributed by atoms with Gasteiger partial charge in [-0.2, -0.15) is 0 Å². The van der Waals surface area contributed by atoms with Crippen LogP contribution in [0.2, 0.25) is 5.02 Å². The molecule has 0 saturated carbocycles. The van der Waals surface area contributed by atoms with Crippen LogP contribution in [0.15, 0.2) is 53.8 Å². The minimum atomic E-state index is -0.362. The van der Waals surface area contributed by atoms with E-state index >= 15 is 0 Å². The molecule has 0 fully saturated rings. The fourth-order valence-electron chi connectivity index (χ4n) is 2.75. The van der Waals surface area contributed by atoms with Crippen molar-refractivity contribution in [1.82, 2.24) is 15.0 Å². The summed E-state index contributed by atoms with van der Waals surface area (Å²) in [7, 11) is 0. The van der Waals surface area contributed by atoms with Gasteiger partial charge in [0.25, 0.3) is 5.91 Å². The molecule has 8 heteroatoms. The molecule has 0 spiro atoms. The lowest BCUT2D eigenvalue weighted by atomic mass is 10.2. The number of thioether (sulfide) groups is 1. The summed E-state index contributed by atoms with van der Waals surface area (Å²) in [5.41, 5.74) is 4.05. The largest absolute Gasteiger partial charge is 0.321 e. The molecular formula is C21H17ClN4OS2. The molecule has 0 unspecified atom stereocenters. The summed E-state index contributed by atoms with van der Waals surface area (Å²) in [5.74, 6) is 0.453. The molecule has 0 radical (unpaired) electrons. The minimum absolute atomic E-state index is 0.170. The first-order chi connectivity index (χ1) is 14.0. The minimum Gasteiger partial charge on any atom is -0.321 e. The van der Waals surface area contributed by atoms with Crippen LogP contribution in [-0.4, -0.2) is 26.6 Å². The number of anilines is 1. The number of aryl methyl sites for hydroxylation is 1. The molecule has 0 saturated heterocycles. The SMILES string of the molecule is CCSc1ncc(Cl)c(C(=O)Nc2ccc(-c3nc4ccc(C)cc4s3)cc2)n1. The van der Waals surface area contributed by atoms with E-state index in [0.717, 1.165) is 26.5 Å². The van der Waals surface area contributed by atoms with Gasteiger partial charge in [0.2, 0.25) is 0 Å². The van der Waals surface area contributed by atoms with E-state index in [2.05, 4.69) is 34.3 Å². The zero-order valence-electron chi connectivity index (χ0n) is 15.8. The number of halogens is 1. The lowest BCUT2D eigenvalue weighted by molar-refractivity contribution is 0.102. The maximum absolute atomic E-state index is 12.6. The first-order valence-corrected chi connectivity index (χ1v) is 11.2. The number of hydrogen-bond acceptors (Lipinski definition) is 6. The highest BCUT2D eigenvalue weighted by atomic mass is 35.5. The van der Waals surface area contributed by atoms with Crippen molar-refractivity contribution in [2.75, 3.05) is 11.1 Å². The summed E-state index contributed by atoms with van der Waals surface area (Å²) in [6.07, 6.45) is 1.46. The van der Waals surface area contributed by atoms with Crippen LogP contribution in [-0.2, 0) is 0 Å². The van der Waals surface area contributed by atoms with Crippen LogP contribution in [0, 0.1) is 6.92 Å². The number of hydrogen-bond donors (Lipinski definition) is 1. The second-order valence-corrected chi connectivity index (χ2v) is 8.97. The van der Waals surface area contributed by atoms with Crippen LogP contribution >= 0.6 is 34.7 Å². The van der Waals surface area contributed by atoms with Crippen LogP contribution < -0.4 is 5.32 Å². The molecule has 1 N–H and O–H groups in total. The Morgan fingerprint density at radius 1 is 1.17 bits per heavy atom. The van der Waals surface area contributed by atoms with Crippen molar-refractivity contribution in [1.29, 1.82) is 0 Å². The number of thiazole rings is 1. The van der Waals surface area contributed by atoms with Gasteiger partial charge in [0.15, 0.2) is 10.9 Å². The van der Waals surface area contributed by atoms with Gasteiger partial charge in [-0.15, -0.1) is 11.3 Å². The fraction of sp³-hybridized carbons (Fsp3) is 0.143. The number of nitrogens with one attached hydrogen (secondary N) is 1. The number of amides is 1. The zero-order chi connectivity index (χ0) is 20.4. The van der Waals surface area contributed by atoms with Crippen LogP contribution in [0.1, 0.15) is 23.0 Å². The van der Waals surface area contributed by atoms with Gasteiger partial charge in [0, 0.05) is 11.3 Å². The molecule has 0 aliphatic heterocycles. The van der Waals surface area contributed by atoms with Crippen LogP contribution in [0.3, 0.4) is 0 Å². The highest BCUT2D eigenvalue weighted by Gasteiger charge is 2.15. The van der Waals surface area contributed by atoms with E-state index in [-0.39, 0.29) is 16.6 Å². The van der Waals surface area contributed by atoms with Crippen LogP contribution in [0.5, 0.6) is 0 Å². The van der Waals surface area contributed by atoms with Gasteiger partial charge in [-0.1, -0.05) is 36.4 Å². The molecule has 2 heterocycles. The van der Waals surface area contributed by atoms with E-state index < -0.39 is 0 Å². The number of nitrogens with zero attached hydrogens (tertiary/aromatic N) is 3. The number of aromatic nitrogens is 3. The van der Waals surface area contributed by atoms with E-state index in [9.17, 15) is 4.79 Å². The first-order valence-electron chi connectivity index (χ1n) is 8.98. The van der Waals surface area contributed by atoms with Gasteiger partial charge in [0.05, 0.1) is 21.4 Å². The molecule has 2 aromatic carbocycles. The van der Waals surface area contributed by atoms with Crippen molar-refractivity contribution < 1.29 is 4.79 Å². The van der Waals surface area contributed by atoms with Crippen LogP contribution in [0.25, 0.3) is 20.8 Å². The summed E-state index contributed by atoms with van der Waals surface area (Å²) in [6.45, 7) is 4.07. The molecule has 1 amide bonds. The molecular weight excluding hydrogens is 424 g/mol. The maximum Gasteiger partial charge on any atom is 0.275 e. The highest BCUT2D eigenvalue weighted by Crippen LogP contribution is 2.31. The Balaban J connectivity index is 1.53. The van der Waals surface area contributed by atoms with Crippen molar-refractivity contribution in [3.05, 3.63) is 64.9 Å². The molecule has 0 bridgehead atoms. The van der Waals surface area contributed by atoms with Gasteiger partial charge in [0.1, 0.15) is 5.01 Å². The summed E-state index contributed by atoms with van der Waals surface area (Å²) in [4.78, 5) is 25.7. The third kappa shape index (κ3) is 4.42. The van der Waals surface area contributed by atoms with Gasteiger partial charge in [-0.05, 0) is 54.6 Å². The number of carbonyl (C=O) groups excluding carboxylic acids is 1. The smallest absolute Gasteiger partial charge is 0.275 e. The fourth-order valence-corrected chi connectivity index (χ4v) is 4.54. The third-order valence-electron chi connectivity index (χ3n) is 4.14. The Kier molecular flexibility index (Phi) is 5.80. The summed E-state index contributed by atoms with van der Waals surface area (Å²) in [6, 6.07) is 13.8. The Morgan fingerprint density at radius 2 is 1.97 bits per heavy atom. The number of carbonyl (C=O) groups is 1. The Hall–Kier alpha value is -2.48. The summed E-state index contributed by atoms with van der Waals surface area (Å²) < 4.78 is 1.16. The van der Waals surface area contributed by atoms with Crippen LogP contribution in [0.4, 0.5) is 5.69 Å². The number of fused-ring (bicyclic) bond motifs is 1. The second kappa shape index (κ2) is 8.49. The standard InChI is InChI=1S/C21H17ClN4OS2/c1-3-28-21-23-11-15(22)18(26-21)19(27)24-14-7-5-13(6-8-14)20-25-16-9-4-12(2)10-17(16)29-20/h4-11H,3H2,1-2H3,(H,24,27).